The fourth-order valence-corrected chi connectivity index (χ4v) is 1.70. The molecule has 0 aliphatic carbocycles. The topological polar surface area (TPSA) is 73.6 Å². The van der Waals surface area contributed by atoms with Crippen LogP contribution in [0.5, 0.6) is 0 Å². The second-order valence-corrected chi connectivity index (χ2v) is 4.74. The third-order valence-electron chi connectivity index (χ3n) is 3.00. The van der Waals surface area contributed by atoms with Crippen molar-refractivity contribution in [3.8, 4) is 0 Å². The molecule has 19 heavy (non-hydrogen) atoms. The summed E-state index contributed by atoms with van der Waals surface area (Å²) in [7, 11) is 0. The van der Waals surface area contributed by atoms with Gasteiger partial charge in [0.2, 0.25) is 5.91 Å². The largest absolute Gasteiger partial charge is 0.376 e. The van der Waals surface area contributed by atoms with E-state index in [4.69, 9.17) is 15.2 Å². The van der Waals surface area contributed by atoms with Crippen molar-refractivity contribution in [2.45, 2.75) is 44.3 Å². The average Bonchev–Trinajstić information content (AvgIpc) is 2.43. The van der Waals surface area contributed by atoms with Gasteiger partial charge in [-0.1, -0.05) is 0 Å². The van der Waals surface area contributed by atoms with Crippen LogP contribution < -0.4 is 11.1 Å². The number of nitrogens with one attached hydrogen (secondary N) is 1. The molecule has 0 spiro atoms. The highest BCUT2D eigenvalue weighted by molar-refractivity contribution is 5.80. The maximum atomic E-state index is 12.9. The van der Waals surface area contributed by atoms with Crippen LogP contribution >= 0.6 is 0 Å². The lowest BCUT2D eigenvalue weighted by Crippen LogP contribution is -2.45. The molecule has 1 aliphatic heterocycles. The van der Waals surface area contributed by atoms with Crippen LogP contribution in [0.4, 0.5) is 8.78 Å². The van der Waals surface area contributed by atoms with Crippen molar-refractivity contribution in [3.05, 3.63) is 0 Å². The highest BCUT2D eigenvalue weighted by Crippen LogP contribution is 2.13. The first-order valence-corrected chi connectivity index (χ1v) is 6.53. The molecule has 2 unspecified atom stereocenters. The Balaban J connectivity index is 2.20. The number of halogens is 2. The van der Waals surface area contributed by atoms with Crippen LogP contribution in [0.2, 0.25) is 0 Å². The molecule has 112 valence electrons. The zero-order chi connectivity index (χ0) is 14.3. The quantitative estimate of drug-likeness (QED) is 0.719. The van der Waals surface area contributed by atoms with E-state index in [1.807, 2.05) is 0 Å². The van der Waals surface area contributed by atoms with Gasteiger partial charge in [0.15, 0.2) is 0 Å². The minimum Gasteiger partial charge on any atom is -0.376 e. The van der Waals surface area contributed by atoms with Gasteiger partial charge in [0.05, 0.1) is 25.8 Å². The summed E-state index contributed by atoms with van der Waals surface area (Å²) in [5.74, 6) is -3.65. The number of hydrogen-bond donors (Lipinski definition) is 2. The molecule has 0 bridgehead atoms. The van der Waals surface area contributed by atoms with E-state index in [1.165, 1.54) is 6.92 Å². The number of rotatable bonds is 7. The SMILES string of the molecule is CC(OCC1CCCCO1)C(=O)NCC(F)(F)CN. The fourth-order valence-electron chi connectivity index (χ4n) is 1.70. The smallest absolute Gasteiger partial charge is 0.277 e. The Morgan fingerprint density at radius 1 is 1.58 bits per heavy atom. The number of carbonyl (C=O) groups is 1. The molecule has 5 nitrogen and oxygen atoms in total. The van der Waals surface area contributed by atoms with Crippen molar-refractivity contribution in [1.29, 1.82) is 0 Å². The Hall–Kier alpha value is -0.790. The van der Waals surface area contributed by atoms with Gasteiger partial charge in [0.1, 0.15) is 6.10 Å². The van der Waals surface area contributed by atoms with Crippen LogP contribution in [0, 0.1) is 0 Å². The van der Waals surface area contributed by atoms with Gasteiger partial charge in [0.25, 0.3) is 5.92 Å². The number of hydrogen-bond acceptors (Lipinski definition) is 4. The third kappa shape index (κ3) is 6.26. The number of amides is 1. The summed E-state index contributed by atoms with van der Waals surface area (Å²) < 4.78 is 36.5. The lowest BCUT2D eigenvalue weighted by Gasteiger charge is -2.24. The molecule has 7 heteroatoms. The van der Waals surface area contributed by atoms with E-state index in [0.29, 0.717) is 13.2 Å². The molecular weight excluding hydrogens is 258 g/mol. The minimum atomic E-state index is -3.08. The van der Waals surface area contributed by atoms with E-state index >= 15 is 0 Å². The van der Waals surface area contributed by atoms with Gasteiger partial charge in [-0.05, 0) is 26.2 Å². The lowest BCUT2D eigenvalue weighted by molar-refractivity contribution is -0.137. The van der Waals surface area contributed by atoms with Gasteiger partial charge in [0, 0.05) is 6.61 Å². The number of carbonyl (C=O) groups excluding carboxylic acids is 1. The second kappa shape index (κ2) is 7.72. The standard InChI is InChI=1S/C12H22F2N2O3/c1-9(11(17)16-8-12(13,14)7-15)19-6-10-4-2-3-5-18-10/h9-10H,2-8,15H2,1H3,(H,16,17). The maximum absolute atomic E-state index is 12.9. The normalized spacial score (nSPS) is 22.0. The summed E-state index contributed by atoms with van der Waals surface area (Å²) in [5, 5.41) is 2.13. The highest BCUT2D eigenvalue weighted by Gasteiger charge is 2.28. The van der Waals surface area contributed by atoms with Crippen LogP contribution in [0.1, 0.15) is 26.2 Å². The molecule has 0 radical (unpaired) electrons. The summed E-state index contributed by atoms with van der Waals surface area (Å²) in [5.41, 5.74) is 4.88. The van der Waals surface area contributed by atoms with E-state index in [2.05, 4.69) is 5.32 Å². The molecule has 1 heterocycles. The van der Waals surface area contributed by atoms with Crippen molar-refractivity contribution >= 4 is 5.91 Å². The Labute approximate surface area is 111 Å². The second-order valence-electron chi connectivity index (χ2n) is 4.74. The van der Waals surface area contributed by atoms with E-state index in [1.54, 1.807) is 0 Å². The summed E-state index contributed by atoms with van der Waals surface area (Å²) in [6, 6.07) is 0. The van der Waals surface area contributed by atoms with Gasteiger partial charge >= 0.3 is 0 Å². The van der Waals surface area contributed by atoms with Gasteiger partial charge < -0.3 is 20.5 Å². The molecule has 3 N–H and O–H groups in total. The van der Waals surface area contributed by atoms with Crippen molar-refractivity contribution in [3.63, 3.8) is 0 Å². The first kappa shape index (κ1) is 16.3. The fraction of sp³-hybridized carbons (Fsp3) is 0.917. The summed E-state index contributed by atoms with van der Waals surface area (Å²) in [6.07, 6.45) is 2.24. The first-order chi connectivity index (χ1) is 8.94. The zero-order valence-electron chi connectivity index (χ0n) is 11.2. The lowest BCUT2D eigenvalue weighted by atomic mass is 10.1. The molecule has 0 saturated carbocycles. The molecular formula is C12H22F2N2O3. The van der Waals surface area contributed by atoms with E-state index in [0.717, 1.165) is 19.3 Å². The predicted molar refractivity (Wildman–Crippen MR) is 66.0 cm³/mol. The molecule has 0 aromatic heterocycles. The molecule has 1 saturated heterocycles. The van der Waals surface area contributed by atoms with Gasteiger partial charge in [-0.3, -0.25) is 4.79 Å². The third-order valence-corrected chi connectivity index (χ3v) is 3.00. The Morgan fingerprint density at radius 2 is 2.32 bits per heavy atom. The molecule has 1 amide bonds. The monoisotopic (exact) mass is 280 g/mol. The summed E-state index contributed by atoms with van der Waals surface area (Å²) >= 11 is 0. The summed E-state index contributed by atoms with van der Waals surface area (Å²) in [6.45, 7) is 0.979. The van der Waals surface area contributed by atoms with Crippen LogP contribution in [-0.4, -0.2) is 50.3 Å². The van der Waals surface area contributed by atoms with Crippen LogP contribution in [0.25, 0.3) is 0 Å². The molecule has 1 aliphatic rings. The number of nitrogens with two attached hydrogens (primary N) is 1. The number of ether oxygens (including phenoxy) is 2. The van der Waals surface area contributed by atoms with Crippen molar-refractivity contribution in [1.82, 2.24) is 5.32 Å². The molecule has 0 aromatic rings. The minimum absolute atomic E-state index is 0.00511. The molecule has 2 atom stereocenters. The average molecular weight is 280 g/mol. The molecule has 1 fully saturated rings. The van der Waals surface area contributed by atoms with Gasteiger partial charge in [-0.2, -0.15) is 0 Å². The zero-order valence-corrected chi connectivity index (χ0v) is 11.2. The molecule has 1 rings (SSSR count). The molecule has 0 aromatic carbocycles. The van der Waals surface area contributed by atoms with Crippen molar-refractivity contribution in [2.75, 3.05) is 26.3 Å². The highest BCUT2D eigenvalue weighted by atomic mass is 19.3. The van der Waals surface area contributed by atoms with E-state index < -0.39 is 31.0 Å². The van der Waals surface area contributed by atoms with E-state index in [9.17, 15) is 13.6 Å². The van der Waals surface area contributed by atoms with Crippen LogP contribution in [0.15, 0.2) is 0 Å². The van der Waals surface area contributed by atoms with Crippen LogP contribution in [-0.2, 0) is 14.3 Å². The predicted octanol–water partition coefficient (Wildman–Crippen LogP) is 0.671. The number of alkyl halides is 2. The Morgan fingerprint density at radius 3 is 2.89 bits per heavy atom. The Bertz CT molecular complexity index is 284. The first-order valence-electron chi connectivity index (χ1n) is 6.53. The van der Waals surface area contributed by atoms with Crippen LogP contribution in [0.3, 0.4) is 0 Å². The maximum Gasteiger partial charge on any atom is 0.277 e. The van der Waals surface area contributed by atoms with Gasteiger partial charge in [-0.15, -0.1) is 0 Å². The Kier molecular flexibility index (Phi) is 6.60. The van der Waals surface area contributed by atoms with Crippen molar-refractivity contribution in [2.24, 2.45) is 5.73 Å². The summed E-state index contributed by atoms with van der Waals surface area (Å²) in [4.78, 5) is 11.5. The van der Waals surface area contributed by atoms with Gasteiger partial charge in [-0.25, -0.2) is 8.78 Å². The van der Waals surface area contributed by atoms with E-state index in [-0.39, 0.29) is 6.10 Å². The van der Waals surface area contributed by atoms with Crippen molar-refractivity contribution < 1.29 is 23.0 Å².